The van der Waals surface area contributed by atoms with E-state index in [0.29, 0.717) is 6.54 Å². The van der Waals surface area contributed by atoms with Gasteiger partial charge in [0.2, 0.25) is 0 Å². The number of amidine groups is 1. The SMILES string of the molecule is COC(C)CNc1cc(C)ccc1C(=N)N. The van der Waals surface area contributed by atoms with Gasteiger partial charge < -0.3 is 15.8 Å². The molecule has 0 saturated carbocycles. The third-order valence-electron chi connectivity index (χ3n) is 2.45. The first-order valence-electron chi connectivity index (χ1n) is 5.26. The van der Waals surface area contributed by atoms with Crippen molar-refractivity contribution in [3.63, 3.8) is 0 Å². The molecule has 0 amide bonds. The molecular formula is C12H19N3O. The molecule has 16 heavy (non-hydrogen) atoms. The predicted octanol–water partition coefficient (Wildman–Crippen LogP) is 1.73. The van der Waals surface area contributed by atoms with Crippen LogP contribution in [-0.2, 0) is 4.74 Å². The molecule has 1 rings (SSSR count). The van der Waals surface area contributed by atoms with E-state index in [2.05, 4.69) is 5.32 Å². The molecule has 0 aliphatic carbocycles. The maximum atomic E-state index is 7.48. The number of ether oxygens (including phenoxy) is 1. The fraction of sp³-hybridized carbons (Fsp3) is 0.417. The Balaban J connectivity index is 2.84. The van der Waals surface area contributed by atoms with Gasteiger partial charge in [-0.2, -0.15) is 0 Å². The fourth-order valence-electron chi connectivity index (χ4n) is 1.38. The molecule has 0 saturated heterocycles. The molecular weight excluding hydrogens is 202 g/mol. The summed E-state index contributed by atoms with van der Waals surface area (Å²) >= 11 is 0. The van der Waals surface area contributed by atoms with Gasteiger partial charge in [0.1, 0.15) is 5.84 Å². The van der Waals surface area contributed by atoms with Crippen LogP contribution in [0.5, 0.6) is 0 Å². The van der Waals surface area contributed by atoms with Crippen LogP contribution >= 0.6 is 0 Å². The average Bonchev–Trinajstić information content (AvgIpc) is 2.25. The van der Waals surface area contributed by atoms with E-state index in [4.69, 9.17) is 15.9 Å². The summed E-state index contributed by atoms with van der Waals surface area (Å²) in [5.74, 6) is 0.0765. The van der Waals surface area contributed by atoms with Crippen molar-refractivity contribution < 1.29 is 4.74 Å². The Labute approximate surface area is 96.3 Å². The molecule has 0 radical (unpaired) electrons. The van der Waals surface area contributed by atoms with Gasteiger partial charge in [-0.3, -0.25) is 5.41 Å². The van der Waals surface area contributed by atoms with Crippen LogP contribution in [0, 0.1) is 12.3 Å². The Morgan fingerprint density at radius 2 is 2.25 bits per heavy atom. The Bertz CT molecular complexity index is 377. The number of nitrogens with two attached hydrogens (primary N) is 1. The van der Waals surface area contributed by atoms with Gasteiger partial charge >= 0.3 is 0 Å². The van der Waals surface area contributed by atoms with Gasteiger partial charge in [0, 0.05) is 24.9 Å². The summed E-state index contributed by atoms with van der Waals surface area (Å²) in [6.07, 6.45) is 0.125. The van der Waals surface area contributed by atoms with Crippen molar-refractivity contribution in [1.29, 1.82) is 5.41 Å². The van der Waals surface area contributed by atoms with Gasteiger partial charge in [-0.1, -0.05) is 6.07 Å². The van der Waals surface area contributed by atoms with E-state index in [1.807, 2.05) is 32.0 Å². The first kappa shape index (κ1) is 12.5. The molecule has 4 heteroatoms. The molecule has 0 heterocycles. The second-order valence-corrected chi connectivity index (χ2v) is 3.89. The van der Waals surface area contributed by atoms with Crippen molar-refractivity contribution >= 4 is 11.5 Å². The maximum absolute atomic E-state index is 7.48. The zero-order valence-electron chi connectivity index (χ0n) is 10.0. The molecule has 0 aromatic heterocycles. The van der Waals surface area contributed by atoms with Crippen LogP contribution in [0.4, 0.5) is 5.69 Å². The number of anilines is 1. The quantitative estimate of drug-likeness (QED) is 0.523. The van der Waals surface area contributed by atoms with Crippen LogP contribution < -0.4 is 11.1 Å². The number of hydrogen-bond donors (Lipinski definition) is 3. The second kappa shape index (κ2) is 5.51. The van der Waals surface area contributed by atoms with Crippen LogP contribution in [-0.4, -0.2) is 25.6 Å². The summed E-state index contributed by atoms with van der Waals surface area (Å²) in [4.78, 5) is 0. The van der Waals surface area contributed by atoms with Gasteiger partial charge in [0.25, 0.3) is 0 Å². The highest BCUT2D eigenvalue weighted by Gasteiger charge is 2.06. The van der Waals surface area contributed by atoms with Crippen molar-refractivity contribution in [2.24, 2.45) is 5.73 Å². The summed E-state index contributed by atoms with van der Waals surface area (Å²) in [5, 5.41) is 10.7. The highest BCUT2D eigenvalue weighted by Crippen LogP contribution is 2.17. The van der Waals surface area contributed by atoms with E-state index in [9.17, 15) is 0 Å². The molecule has 1 unspecified atom stereocenters. The van der Waals surface area contributed by atoms with E-state index < -0.39 is 0 Å². The number of rotatable bonds is 5. The van der Waals surface area contributed by atoms with E-state index in [1.165, 1.54) is 0 Å². The second-order valence-electron chi connectivity index (χ2n) is 3.89. The number of nitrogens with one attached hydrogen (secondary N) is 2. The molecule has 1 atom stereocenters. The van der Waals surface area contributed by atoms with Crippen molar-refractivity contribution in [3.05, 3.63) is 29.3 Å². The highest BCUT2D eigenvalue weighted by atomic mass is 16.5. The van der Waals surface area contributed by atoms with Crippen LogP contribution in [0.3, 0.4) is 0 Å². The van der Waals surface area contributed by atoms with E-state index >= 15 is 0 Å². The standard InChI is InChI=1S/C12H19N3O/c1-8-4-5-10(12(13)14)11(6-8)15-7-9(2)16-3/h4-6,9,15H,7H2,1-3H3,(H3,13,14). The van der Waals surface area contributed by atoms with Gasteiger partial charge in [-0.25, -0.2) is 0 Å². The third kappa shape index (κ3) is 3.24. The number of methoxy groups -OCH3 is 1. The number of aryl methyl sites for hydroxylation is 1. The van der Waals surface area contributed by atoms with E-state index in [-0.39, 0.29) is 11.9 Å². The van der Waals surface area contributed by atoms with Crippen LogP contribution in [0.15, 0.2) is 18.2 Å². The van der Waals surface area contributed by atoms with E-state index in [0.717, 1.165) is 16.8 Å². The van der Waals surface area contributed by atoms with Crippen molar-refractivity contribution in [3.8, 4) is 0 Å². The molecule has 0 aliphatic rings. The Morgan fingerprint density at radius 3 is 2.81 bits per heavy atom. The molecule has 4 N–H and O–H groups in total. The lowest BCUT2D eigenvalue weighted by Crippen LogP contribution is -2.21. The van der Waals surface area contributed by atoms with Crippen LogP contribution in [0.25, 0.3) is 0 Å². The number of hydrogen-bond acceptors (Lipinski definition) is 3. The fourth-order valence-corrected chi connectivity index (χ4v) is 1.38. The zero-order valence-corrected chi connectivity index (χ0v) is 10.0. The minimum absolute atomic E-state index is 0.0765. The number of benzene rings is 1. The van der Waals surface area contributed by atoms with Gasteiger partial charge in [-0.05, 0) is 31.5 Å². The topological polar surface area (TPSA) is 71.1 Å². The number of nitrogen functional groups attached to an aromatic ring is 1. The monoisotopic (exact) mass is 221 g/mol. The first-order valence-corrected chi connectivity index (χ1v) is 5.26. The molecule has 1 aromatic carbocycles. The third-order valence-corrected chi connectivity index (χ3v) is 2.45. The molecule has 88 valence electrons. The van der Waals surface area contributed by atoms with Crippen molar-refractivity contribution in [2.45, 2.75) is 20.0 Å². The molecule has 0 bridgehead atoms. The molecule has 0 fully saturated rings. The minimum Gasteiger partial charge on any atom is -0.384 e. The van der Waals surface area contributed by atoms with Gasteiger partial charge in [-0.15, -0.1) is 0 Å². The Kier molecular flexibility index (Phi) is 4.31. The van der Waals surface area contributed by atoms with Crippen LogP contribution in [0.1, 0.15) is 18.1 Å². The highest BCUT2D eigenvalue weighted by molar-refractivity contribution is 6.00. The van der Waals surface area contributed by atoms with Gasteiger partial charge in [0.15, 0.2) is 0 Å². The average molecular weight is 221 g/mol. The minimum atomic E-state index is 0.0765. The smallest absolute Gasteiger partial charge is 0.124 e. The predicted molar refractivity (Wildman–Crippen MR) is 67.2 cm³/mol. The summed E-state index contributed by atoms with van der Waals surface area (Å²) in [6.45, 7) is 4.69. The summed E-state index contributed by atoms with van der Waals surface area (Å²) in [5.41, 5.74) is 8.27. The largest absolute Gasteiger partial charge is 0.384 e. The lowest BCUT2D eigenvalue weighted by atomic mass is 10.1. The molecule has 1 aromatic rings. The lowest BCUT2D eigenvalue weighted by molar-refractivity contribution is 0.129. The summed E-state index contributed by atoms with van der Waals surface area (Å²) < 4.78 is 5.16. The molecule has 4 nitrogen and oxygen atoms in total. The summed E-state index contributed by atoms with van der Waals surface area (Å²) in [7, 11) is 1.68. The molecule has 0 aliphatic heterocycles. The van der Waals surface area contributed by atoms with E-state index in [1.54, 1.807) is 7.11 Å². The Hall–Kier alpha value is -1.55. The zero-order chi connectivity index (χ0) is 12.1. The normalized spacial score (nSPS) is 12.2. The Morgan fingerprint density at radius 1 is 1.56 bits per heavy atom. The summed E-state index contributed by atoms with van der Waals surface area (Å²) in [6, 6.07) is 5.79. The van der Waals surface area contributed by atoms with Crippen molar-refractivity contribution in [1.82, 2.24) is 0 Å². The van der Waals surface area contributed by atoms with Crippen LogP contribution in [0.2, 0.25) is 0 Å². The first-order chi connectivity index (χ1) is 7.54. The van der Waals surface area contributed by atoms with Crippen molar-refractivity contribution in [2.75, 3.05) is 19.0 Å². The maximum Gasteiger partial charge on any atom is 0.124 e. The van der Waals surface area contributed by atoms with Gasteiger partial charge in [0.05, 0.1) is 6.10 Å². The molecule has 0 spiro atoms. The lowest BCUT2D eigenvalue weighted by Gasteiger charge is -2.15.